The molecule has 5 heterocycles. The lowest BCUT2D eigenvalue weighted by atomic mass is 9.87. The predicted octanol–water partition coefficient (Wildman–Crippen LogP) is 2.07. The number of thioether (sulfide) groups is 1. The third kappa shape index (κ3) is 2.63. The van der Waals surface area contributed by atoms with Crippen LogP contribution in [-0.4, -0.2) is 51.4 Å². The third-order valence-electron chi connectivity index (χ3n) is 4.54. The normalized spacial score (nSPS) is 22.9. The van der Waals surface area contributed by atoms with Crippen LogP contribution in [-0.2, 0) is 0 Å². The minimum absolute atomic E-state index is 0.508. The first-order valence-electron chi connectivity index (χ1n) is 7.86. The molecule has 3 aliphatic rings. The highest BCUT2D eigenvalue weighted by molar-refractivity contribution is 7.98. The minimum Gasteiger partial charge on any atom is -0.352 e. The molecule has 0 spiro atoms. The van der Waals surface area contributed by atoms with Crippen LogP contribution in [0.4, 0.5) is 11.6 Å². The molecule has 0 radical (unpaired) electrons. The third-order valence-corrected chi connectivity index (χ3v) is 5.10. The monoisotopic (exact) mass is 328 g/mol. The SMILES string of the molecule is CSc1nccc(N2C3CC2CN(c2cc(C)nc(C)n2)C3)n1. The zero-order valence-corrected chi connectivity index (χ0v) is 14.4. The maximum absolute atomic E-state index is 4.66. The second kappa shape index (κ2) is 5.63. The predicted molar refractivity (Wildman–Crippen MR) is 92.2 cm³/mol. The smallest absolute Gasteiger partial charge is 0.189 e. The van der Waals surface area contributed by atoms with E-state index in [-0.39, 0.29) is 0 Å². The van der Waals surface area contributed by atoms with E-state index in [0.717, 1.165) is 41.4 Å². The fourth-order valence-corrected chi connectivity index (χ4v) is 3.96. The maximum atomic E-state index is 4.66. The van der Waals surface area contributed by atoms with Crippen LogP contribution in [0.5, 0.6) is 0 Å². The molecule has 0 amide bonds. The van der Waals surface area contributed by atoms with Gasteiger partial charge in [0.15, 0.2) is 5.16 Å². The van der Waals surface area contributed by atoms with Crippen LogP contribution < -0.4 is 9.80 Å². The van der Waals surface area contributed by atoms with Crippen LogP contribution >= 0.6 is 11.8 Å². The van der Waals surface area contributed by atoms with Crippen molar-refractivity contribution in [2.24, 2.45) is 0 Å². The van der Waals surface area contributed by atoms with Crippen molar-refractivity contribution in [3.05, 3.63) is 29.8 Å². The van der Waals surface area contributed by atoms with E-state index in [4.69, 9.17) is 0 Å². The van der Waals surface area contributed by atoms with Gasteiger partial charge >= 0.3 is 0 Å². The van der Waals surface area contributed by atoms with Gasteiger partial charge in [-0.1, -0.05) is 11.8 Å². The first kappa shape index (κ1) is 14.7. The molecule has 6 nitrogen and oxygen atoms in total. The van der Waals surface area contributed by atoms with Gasteiger partial charge < -0.3 is 9.80 Å². The fraction of sp³-hybridized carbons (Fsp3) is 0.500. The summed E-state index contributed by atoms with van der Waals surface area (Å²) in [6, 6.07) is 5.12. The van der Waals surface area contributed by atoms with Crippen LogP contribution in [0, 0.1) is 13.8 Å². The number of hydrogen-bond acceptors (Lipinski definition) is 7. The highest BCUT2D eigenvalue weighted by Crippen LogP contribution is 2.37. The summed E-state index contributed by atoms with van der Waals surface area (Å²) < 4.78 is 0. The fourth-order valence-electron chi connectivity index (χ4n) is 3.60. The number of hydrogen-bond donors (Lipinski definition) is 0. The van der Waals surface area contributed by atoms with Gasteiger partial charge in [-0.05, 0) is 32.6 Å². The standard InChI is InChI=1S/C16H20N6S/c1-10-6-15(19-11(2)18-10)21-8-12-7-13(9-21)22(12)14-4-5-17-16(20-14)23-3/h4-6,12-13H,7-9H2,1-3H3. The Bertz CT molecular complexity index is 704. The molecule has 0 aromatic carbocycles. The Hall–Kier alpha value is -1.89. The van der Waals surface area contributed by atoms with Crippen LogP contribution in [0.2, 0.25) is 0 Å². The first-order valence-corrected chi connectivity index (χ1v) is 9.09. The van der Waals surface area contributed by atoms with Gasteiger partial charge in [-0.2, -0.15) is 0 Å². The number of fused-ring (bicyclic) bond motifs is 2. The van der Waals surface area contributed by atoms with Gasteiger partial charge in [-0.3, -0.25) is 0 Å². The molecule has 3 saturated heterocycles. The van der Waals surface area contributed by atoms with Gasteiger partial charge in [0.25, 0.3) is 0 Å². The Balaban J connectivity index is 1.54. The van der Waals surface area contributed by atoms with Gasteiger partial charge in [-0.25, -0.2) is 19.9 Å². The van der Waals surface area contributed by atoms with Crippen LogP contribution in [0.25, 0.3) is 0 Å². The molecule has 0 N–H and O–H groups in total. The summed E-state index contributed by atoms with van der Waals surface area (Å²) in [5.74, 6) is 2.95. The second-order valence-electron chi connectivity index (χ2n) is 6.17. The molecule has 7 heteroatoms. The van der Waals surface area contributed by atoms with Crippen molar-refractivity contribution >= 4 is 23.4 Å². The maximum Gasteiger partial charge on any atom is 0.189 e. The Kier molecular flexibility index (Phi) is 3.60. The van der Waals surface area contributed by atoms with E-state index in [0.29, 0.717) is 12.1 Å². The molecule has 2 bridgehead atoms. The zero-order valence-electron chi connectivity index (χ0n) is 13.6. The molecular formula is C16H20N6S. The Morgan fingerprint density at radius 3 is 2.57 bits per heavy atom. The number of anilines is 2. The number of rotatable bonds is 3. The van der Waals surface area contributed by atoms with E-state index in [9.17, 15) is 0 Å². The topological polar surface area (TPSA) is 58.0 Å². The summed E-state index contributed by atoms with van der Waals surface area (Å²) in [4.78, 5) is 22.7. The van der Waals surface area contributed by atoms with Crippen molar-refractivity contribution in [3.8, 4) is 0 Å². The van der Waals surface area contributed by atoms with E-state index in [1.54, 1.807) is 11.8 Å². The van der Waals surface area contributed by atoms with Crippen molar-refractivity contribution in [2.45, 2.75) is 37.5 Å². The van der Waals surface area contributed by atoms with Crippen molar-refractivity contribution < 1.29 is 0 Å². The molecule has 2 unspecified atom stereocenters. The summed E-state index contributed by atoms with van der Waals surface area (Å²) in [6.45, 7) is 5.97. The summed E-state index contributed by atoms with van der Waals surface area (Å²) in [5.41, 5.74) is 1.03. The van der Waals surface area contributed by atoms with Gasteiger partial charge in [0.2, 0.25) is 0 Å². The second-order valence-corrected chi connectivity index (χ2v) is 6.95. The van der Waals surface area contributed by atoms with Gasteiger partial charge in [0.1, 0.15) is 17.5 Å². The van der Waals surface area contributed by atoms with Crippen LogP contribution in [0.15, 0.2) is 23.5 Å². The van der Waals surface area contributed by atoms with Crippen molar-refractivity contribution in [2.75, 3.05) is 29.1 Å². The zero-order chi connectivity index (χ0) is 16.0. The quantitative estimate of drug-likeness (QED) is 0.631. The van der Waals surface area contributed by atoms with Crippen LogP contribution in [0.1, 0.15) is 17.9 Å². The number of piperidine rings is 1. The molecule has 23 heavy (non-hydrogen) atoms. The highest BCUT2D eigenvalue weighted by atomic mass is 32.2. The summed E-state index contributed by atoms with van der Waals surface area (Å²) in [6.07, 6.45) is 5.10. The highest BCUT2D eigenvalue weighted by Gasteiger charge is 2.45. The van der Waals surface area contributed by atoms with E-state index in [1.807, 2.05) is 32.4 Å². The largest absolute Gasteiger partial charge is 0.352 e. The van der Waals surface area contributed by atoms with Gasteiger partial charge in [0, 0.05) is 31.0 Å². The first-order chi connectivity index (χ1) is 11.1. The molecule has 120 valence electrons. The lowest BCUT2D eigenvalue weighted by molar-refractivity contribution is 0.287. The lowest BCUT2D eigenvalue weighted by Crippen LogP contribution is -2.69. The van der Waals surface area contributed by atoms with E-state index in [2.05, 4.69) is 35.8 Å². The summed E-state index contributed by atoms with van der Waals surface area (Å²) >= 11 is 1.59. The minimum atomic E-state index is 0.508. The lowest BCUT2D eigenvalue weighted by Gasteiger charge is -2.57. The molecule has 0 saturated carbocycles. The van der Waals surface area contributed by atoms with Crippen molar-refractivity contribution in [1.82, 2.24) is 19.9 Å². The Labute approximate surface area is 140 Å². The van der Waals surface area contributed by atoms with Crippen molar-refractivity contribution in [1.29, 1.82) is 0 Å². The Morgan fingerprint density at radius 1 is 1.09 bits per heavy atom. The molecular weight excluding hydrogens is 308 g/mol. The summed E-state index contributed by atoms with van der Waals surface area (Å²) in [7, 11) is 0. The van der Waals surface area contributed by atoms with Gasteiger partial charge in [0.05, 0.1) is 12.1 Å². The van der Waals surface area contributed by atoms with Crippen LogP contribution in [0.3, 0.4) is 0 Å². The number of aromatic nitrogens is 4. The number of aryl methyl sites for hydroxylation is 2. The van der Waals surface area contributed by atoms with E-state index in [1.165, 1.54) is 6.42 Å². The number of piperazine rings is 1. The van der Waals surface area contributed by atoms with E-state index >= 15 is 0 Å². The number of nitrogens with zero attached hydrogens (tertiary/aromatic N) is 6. The summed E-state index contributed by atoms with van der Waals surface area (Å²) in [5, 5.41) is 0.839. The van der Waals surface area contributed by atoms with E-state index < -0.39 is 0 Å². The molecule has 2 aromatic rings. The average Bonchev–Trinajstić information content (AvgIpc) is 2.54. The molecule has 2 aromatic heterocycles. The molecule has 3 fully saturated rings. The van der Waals surface area contributed by atoms with Gasteiger partial charge in [-0.15, -0.1) is 0 Å². The molecule has 2 atom stereocenters. The Morgan fingerprint density at radius 2 is 1.87 bits per heavy atom. The molecule has 0 aliphatic carbocycles. The van der Waals surface area contributed by atoms with Crippen molar-refractivity contribution in [3.63, 3.8) is 0 Å². The average molecular weight is 328 g/mol. The molecule has 5 rings (SSSR count). The molecule has 3 aliphatic heterocycles.